The van der Waals surface area contributed by atoms with Gasteiger partial charge in [0.2, 0.25) is 6.79 Å². The molecule has 2 rings (SSSR count). The Morgan fingerprint density at radius 1 is 1.29 bits per heavy atom. The van der Waals surface area contributed by atoms with Gasteiger partial charge in [0, 0.05) is 12.6 Å². The van der Waals surface area contributed by atoms with Crippen LogP contribution in [0.5, 0.6) is 11.5 Å². The number of benzene rings is 1. The largest absolute Gasteiger partial charge is 0.454 e. The minimum Gasteiger partial charge on any atom is -0.454 e. The summed E-state index contributed by atoms with van der Waals surface area (Å²) in [6.07, 6.45) is 0.408. The van der Waals surface area contributed by atoms with Crippen LogP contribution in [0.4, 0.5) is 0 Å². The normalized spacial score (nSPS) is 16.9. The Morgan fingerprint density at radius 3 is 2.82 bits per heavy atom. The van der Waals surface area contributed by atoms with E-state index in [1.807, 2.05) is 0 Å². The highest BCUT2D eigenvalue weighted by molar-refractivity contribution is 5.45. The van der Waals surface area contributed by atoms with Crippen LogP contribution in [0, 0.1) is 0 Å². The van der Waals surface area contributed by atoms with Gasteiger partial charge < -0.3 is 25.4 Å². The number of nitrogens with two attached hydrogens (primary N) is 1. The van der Waals surface area contributed by atoms with Crippen molar-refractivity contribution in [1.29, 1.82) is 0 Å². The van der Waals surface area contributed by atoms with Crippen LogP contribution < -0.4 is 15.2 Å². The molecule has 0 saturated heterocycles. The fourth-order valence-electron chi connectivity index (χ4n) is 1.83. The third kappa shape index (κ3) is 2.69. The average molecular weight is 239 g/mol. The molecule has 0 amide bonds. The first-order chi connectivity index (χ1) is 8.22. The molecule has 2 atom stereocenters. The van der Waals surface area contributed by atoms with Crippen LogP contribution >= 0.6 is 0 Å². The van der Waals surface area contributed by atoms with E-state index in [2.05, 4.69) is 0 Å². The first-order valence-corrected chi connectivity index (χ1v) is 5.66. The zero-order chi connectivity index (χ0) is 12.3. The summed E-state index contributed by atoms with van der Waals surface area (Å²) >= 11 is 0. The van der Waals surface area contributed by atoms with Gasteiger partial charge in [-0.1, -0.05) is 6.07 Å². The molecule has 1 aliphatic rings. The SMILES string of the molecule is NC(CCCO)C(O)c1ccc2c(c1)OCO2. The van der Waals surface area contributed by atoms with Crippen molar-refractivity contribution in [2.24, 2.45) is 5.73 Å². The minimum absolute atomic E-state index is 0.0849. The Balaban J connectivity index is 2.06. The summed E-state index contributed by atoms with van der Waals surface area (Å²) in [6, 6.07) is 4.89. The van der Waals surface area contributed by atoms with Gasteiger partial charge in [0.25, 0.3) is 0 Å². The van der Waals surface area contributed by atoms with E-state index >= 15 is 0 Å². The van der Waals surface area contributed by atoms with Gasteiger partial charge in [0.1, 0.15) is 0 Å². The van der Waals surface area contributed by atoms with Gasteiger partial charge in [-0.25, -0.2) is 0 Å². The first kappa shape index (κ1) is 12.2. The number of hydrogen-bond donors (Lipinski definition) is 3. The Morgan fingerprint density at radius 2 is 2.06 bits per heavy atom. The molecule has 0 aromatic heterocycles. The Hall–Kier alpha value is -1.30. The third-order valence-corrected chi connectivity index (χ3v) is 2.84. The maximum absolute atomic E-state index is 10.0. The second-order valence-electron chi connectivity index (χ2n) is 4.09. The predicted octanol–water partition coefficient (Wildman–Crippen LogP) is 0.548. The number of aliphatic hydroxyl groups excluding tert-OH is 2. The summed E-state index contributed by atoms with van der Waals surface area (Å²) in [7, 11) is 0. The molecule has 0 spiro atoms. The Labute approximate surface area is 99.8 Å². The van der Waals surface area contributed by atoms with Gasteiger partial charge in [-0.2, -0.15) is 0 Å². The van der Waals surface area contributed by atoms with Crippen LogP contribution in [-0.4, -0.2) is 29.7 Å². The van der Waals surface area contributed by atoms with Gasteiger partial charge in [-0.3, -0.25) is 0 Å². The number of fused-ring (bicyclic) bond motifs is 1. The molecule has 0 radical (unpaired) electrons. The number of aliphatic hydroxyl groups is 2. The van der Waals surface area contributed by atoms with Gasteiger partial charge in [-0.05, 0) is 30.5 Å². The molecule has 2 unspecified atom stereocenters. The van der Waals surface area contributed by atoms with Crippen molar-refractivity contribution in [2.45, 2.75) is 25.0 Å². The van der Waals surface area contributed by atoms with E-state index in [1.165, 1.54) is 0 Å². The predicted molar refractivity (Wildman–Crippen MR) is 61.8 cm³/mol. The van der Waals surface area contributed by atoms with Crippen LogP contribution in [-0.2, 0) is 0 Å². The highest BCUT2D eigenvalue weighted by atomic mass is 16.7. The highest BCUT2D eigenvalue weighted by Crippen LogP contribution is 2.34. The van der Waals surface area contributed by atoms with Crippen molar-refractivity contribution in [3.63, 3.8) is 0 Å². The summed E-state index contributed by atoms with van der Waals surface area (Å²) in [6.45, 7) is 0.299. The zero-order valence-electron chi connectivity index (χ0n) is 9.50. The van der Waals surface area contributed by atoms with E-state index < -0.39 is 6.10 Å². The topological polar surface area (TPSA) is 84.9 Å². The monoisotopic (exact) mass is 239 g/mol. The molecule has 4 N–H and O–H groups in total. The molecule has 1 aromatic carbocycles. The summed E-state index contributed by atoms with van der Waals surface area (Å²) < 4.78 is 10.4. The minimum atomic E-state index is -0.754. The van der Waals surface area contributed by atoms with Crippen LogP contribution in [0.1, 0.15) is 24.5 Å². The van der Waals surface area contributed by atoms with E-state index in [4.69, 9.17) is 20.3 Å². The smallest absolute Gasteiger partial charge is 0.231 e. The molecular formula is C12H17NO4. The fourth-order valence-corrected chi connectivity index (χ4v) is 1.83. The van der Waals surface area contributed by atoms with Crippen LogP contribution in [0.2, 0.25) is 0 Å². The molecule has 1 heterocycles. The van der Waals surface area contributed by atoms with Crippen molar-refractivity contribution >= 4 is 0 Å². The molecular weight excluding hydrogens is 222 g/mol. The maximum atomic E-state index is 10.0. The summed E-state index contributed by atoms with van der Waals surface area (Å²) in [5, 5.41) is 18.8. The van der Waals surface area contributed by atoms with Gasteiger partial charge in [0.05, 0.1) is 6.10 Å². The van der Waals surface area contributed by atoms with Crippen molar-refractivity contribution in [3.05, 3.63) is 23.8 Å². The third-order valence-electron chi connectivity index (χ3n) is 2.84. The number of rotatable bonds is 5. The first-order valence-electron chi connectivity index (χ1n) is 5.66. The van der Waals surface area contributed by atoms with E-state index in [9.17, 15) is 5.11 Å². The zero-order valence-corrected chi connectivity index (χ0v) is 9.50. The number of ether oxygens (including phenoxy) is 2. The van der Waals surface area contributed by atoms with Gasteiger partial charge in [0.15, 0.2) is 11.5 Å². The molecule has 0 fully saturated rings. The van der Waals surface area contributed by atoms with Crippen LogP contribution in [0.25, 0.3) is 0 Å². The number of hydrogen-bond acceptors (Lipinski definition) is 5. The fraction of sp³-hybridized carbons (Fsp3) is 0.500. The van der Waals surface area contributed by atoms with Crippen molar-refractivity contribution < 1.29 is 19.7 Å². The molecule has 5 heteroatoms. The quantitative estimate of drug-likeness (QED) is 0.698. The van der Waals surface area contributed by atoms with Crippen molar-refractivity contribution in [1.82, 2.24) is 0 Å². The molecule has 5 nitrogen and oxygen atoms in total. The molecule has 0 saturated carbocycles. The molecule has 1 aliphatic heterocycles. The molecule has 94 valence electrons. The second kappa shape index (κ2) is 5.35. The molecule has 17 heavy (non-hydrogen) atoms. The van der Waals surface area contributed by atoms with E-state index in [0.29, 0.717) is 29.9 Å². The standard InChI is InChI=1S/C12H17NO4/c13-9(2-1-5-14)12(15)8-3-4-10-11(6-8)17-7-16-10/h3-4,6,9,12,14-15H,1-2,5,7,13H2. The lowest BCUT2D eigenvalue weighted by Gasteiger charge is -2.19. The second-order valence-corrected chi connectivity index (χ2v) is 4.09. The van der Waals surface area contributed by atoms with E-state index in [0.717, 1.165) is 0 Å². The Kier molecular flexibility index (Phi) is 3.83. The lowest BCUT2D eigenvalue weighted by atomic mass is 9.99. The summed E-state index contributed by atoms with van der Waals surface area (Å²) in [5.74, 6) is 1.32. The lowest BCUT2D eigenvalue weighted by molar-refractivity contribution is 0.136. The Bertz CT molecular complexity index is 383. The van der Waals surface area contributed by atoms with E-state index in [-0.39, 0.29) is 19.4 Å². The molecule has 0 aliphatic carbocycles. The van der Waals surface area contributed by atoms with Crippen molar-refractivity contribution in [2.75, 3.05) is 13.4 Å². The van der Waals surface area contributed by atoms with Crippen molar-refractivity contribution in [3.8, 4) is 11.5 Å². The molecule has 1 aromatic rings. The molecule has 0 bridgehead atoms. The van der Waals surface area contributed by atoms with Crippen LogP contribution in [0.15, 0.2) is 18.2 Å². The average Bonchev–Trinajstić information content (AvgIpc) is 2.81. The lowest BCUT2D eigenvalue weighted by Crippen LogP contribution is -2.28. The van der Waals surface area contributed by atoms with Gasteiger partial charge >= 0.3 is 0 Å². The van der Waals surface area contributed by atoms with E-state index in [1.54, 1.807) is 18.2 Å². The maximum Gasteiger partial charge on any atom is 0.231 e. The highest BCUT2D eigenvalue weighted by Gasteiger charge is 2.20. The summed E-state index contributed by atoms with van der Waals surface area (Å²) in [4.78, 5) is 0. The van der Waals surface area contributed by atoms with Crippen LogP contribution in [0.3, 0.4) is 0 Å². The summed E-state index contributed by atoms with van der Waals surface area (Å²) in [5.41, 5.74) is 6.56. The van der Waals surface area contributed by atoms with Gasteiger partial charge in [-0.15, -0.1) is 0 Å².